The van der Waals surface area contributed by atoms with Gasteiger partial charge >= 0.3 is 0 Å². The van der Waals surface area contributed by atoms with Gasteiger partial charge in [0.1, 0.15) is 4.99 Å². The van der Waals surface area contributed by atoms with E-state index >= 15 is 0 Å². The Morgan fingerprint density at radius 2 is 2.16 bits per heavy atom. The van der Waals surface area contributed by atoms with Crippen LogP contribution in [0.4, 0.5) is 5.69 Å². The van der Waals surface area contributed by atoms with Crippen LogP contribution >= 0.6 is 23.6 Å². The molecule has 3 nitrogen and oxygen atoms in total. The molecule has 0 fully saturated rings. The standard InChI is InChI=1S/C14H17N3S2/c1-9-4-5-12(11(6-9)14(15)18)17(3)7-13-10(2)16-8-19-13/h4-6,8H,7H2,1-3H3,(H2,15,18). The van der Waals surface area contributed by atoms with Crippen molar-refractivity contribution >= 4 is 34.2 Å². The third kappa shape index (κ3) is 3.11. The molecule has 0 unspecified atom stereocenters. The average molecular weight is 291 g/mol. The first-order valence-electron chi connectivity index (χ1n) is 5.99. The van der Waals surface area contributed by atoms with Gasteiger partial charge in [0, 0.05) is 23.2 Å². The predicted molar refractivity (Wildman–Crippen MR) is 86.0 cm³/mol. The largest absolute Gasteiger partial charge is 0.389 e. The van der Waals surface area contributed by atoms with Crippen LogP contribution in [0.1, 0.15) is 21.7 Å². The summed E-state index contributed by atoms with van der Waals surface area (Å²) in [5.74, 6) is 0. The minimum Gasteiger partial charge on any atom is -0.389 e. The molecule has 0 atom stereocenters. The topological polar surface area (TPSA) is 42.2 Å². The maximum Gasteiger partial charge on any atom is 0.106 e. The van der Waals surface area contributed by atoms with Crippen molar-refractivity contribution in [2.24, 2.45) is 5.73 Å². The molecule has 1 heterocycles. The number of thiazole rings is 1. The van der Waals surface area contributed by atoms with Gasteiger partial charge < -0.3 is 10.6 Å². The van der Waals surface area contributed by atoms with Gasteiger partial charge in [-0.1, -0.05) is 23.8 Å². The van der Waals surface area contributed by atoms with Crippen molar-refractivity contribution in [3.05, 3.63) is 45.4 Å². The van der Waals surface area contributed by atoms with E-state index in [9.17, 15) is 0 Å². The Kier molecular flexibility index (Phi) is 4.17. The molecular weight excluding hydrogens is 274 g/mol. The number of benzene rings is 1. The summed E-state index contributed by atoms with van der Waals surface area (Å²) in [7, 11) is 2.05. The van der Waals surface area contributed by atoms with E-state index in [4.69, 9.17) is 18.0 Å². The highest BCUT2D eigenvalue weighted by Gasteiger charge is 2.12. The molecule has 19 heavy (non-hydrogen) atoms. The molecule has 0 aliphatic heterocycles. The normalized spacial score (nSPS) is 10.5. The molecule has 0 radical (unpaired) electrons. The molecule has 100 valence electrons. The van der Waals surface area contributed by atoms with Crippen molar-refractivity contribution in [2.45, 2.75) is 20.4 Å². The molecule has 0 saturated heterocycles. The van der Waals surface area contributed by atoms with E-state index in [0.717, 1.165) is 29.1 Å². The first-order chi connectivity index (χ1) is 8.99. The number of thiocarbonyl (C=S) groups is 1. The molecule has 0 aliphatic carbocycles. The molecule has 0 spiro atoms. The molecular formula is C14H17N3S2. The van der Waals surface area contributed by atoms with Gasteiger partial charge in [0.2, 0.25) is 0 Å². The number of hydrogen-bond donors (Lipinski definition) is 1. The van der Waals surface area contributed by atoms with Crippen LogP contribution in [0.2, 0.25) is 0 Å². The summed E-state index contributed by atoms with van der Waals surface area (Å²) in [4.78, 5) is 8.14. The smallest absolute Gasteiger partial charge is 0.106 e. The van der Waals surface area contributed by atoms with Crippen LogP contribution in [0.25, 0.3) is 0 Å². The molecule has 0 saturated carbocycles. The fourth-order valence-electron chi connectivity index (χ4n) is 1.96. The fourth-order valence-corrected chi connectivity index (χ4v) is 2.95. The lowest BCUT2D eigenvalue weighted by atomic mass is 10.1. The quantitative estimate of drug-likeness (QED) is 0.879. The van der Waals surface area contributed by atoms with Crippen LogP contribution < -0.4 is 10.6 Å². The zero-order chi connectivity index (χ0) is 14.0. The molecule has 0 aliphatic rings. The van der Waals surface area contributed by atoms with E-state index in [1.165, 1.54) is 4.88 Å². The maximum atomic E-state index is 5.82. The highest BCUT2D eigenvalue weighted by Crippen LogP contribution is 2.24. The molecule has 2 rings (SSSR count). The molecule has 2 N–H and O–H groups in total. The van der Waals surface area contributed by atoms with Crippen LogP contribution in [0.15, 0.2) is 23.7 Å². The van der Waals surface area contributed by atoms with E-state index in [0.29, 0.717) is 4.99 Å². The second kappa shape index (κ2) is 5.67. The fraction of sp³-hybridized carbons (Fsp3) is 0.286. The van der Waals surface area contributed by atoms with Crippen molar-refractivity contribution < 1.29 is 0 Å². The zero-order valence-corrected chi connectivity index (χ0v) is 12.9. The number of aryl methyl sites for hydroxylation is 2. The lowest BCUT2D eigenvalue weighted by Gasteiger charge is -2.22. The molecule has 2 aromatic rings. The van der Waals surface area contributed by atoms with Gasteiger partial charge in [0.15, 0.2) is 0 Å². The van der Waals surface area contributed by atoms with Crippen LogP contribution in [-0.4, -0.2) is 17.0 Å². The Labute approximate surface area is 123 Å². The lowest BCUT2D eigenvalue weighted by Crippen LogP contribution is -2.21. The zero-order valence-electron chi connectivity index (χ0n) is 11.3. The Bertz CT molecular complexity index is 604. The monoisotopic (exact) mass is 291 g/mol. The summed E-state index contributed by atoms with van der Waals surface area (Å²) in [6.45, 7) is 4.89. The van der Waals surface area contributed by atoms with Gasteiger partial charge in [-0.15, -0.1) is 11.3 Å². The van der Waals surface area contributed by atoms with Gasteiger partial charge in [-0.2, -0.15) is 0 Å². The third-order valence-electron chi connectivity index (χ3n) is 3.05. The minimum atomic E-state index is 0.437. The Morgan fingerprint density at radius 3 is 2.74 bits per heavy atom. The van der Waals surface area contributed by atoms with E-state index in [1.807, 2.05) is 32.5 Å². The van der Waals surface area contributed by atoms with Crippen LogP contribution in [0.3, 0.4) is 0 Å². The summed E-state index contributed by atoms with van der Waals surface area (Å²) in [6.07, 6.45) is 0. The minimum absolute atomic E-state index is 0.437. The average Bonchev–Trinajstić information content (AvgIpc) is 2.74. The van der Waals surface area contributed by atoms with Crippen LogP contribution in [0.5, 0.6) is 0 Å². The van der Waals surface area contributed by atoms with Crippen molar-refractivity contribution in [3.8, 4) is 0 Å². The van der Waals surface area contributed by atoms with Crippen molar-refractivity contribution in [2.75, 3.05) is 11.9 Å². The van der Waals surface area contributed by atoms with Crippen molar-refractivity contribution in [3.63, 3.8) is 0 Å². The summed E-state index contributed by atoms with van der Waals surface area (Å²) >= 11 is 6.82. The van der Waals surface area contributed by atoms with E-state index in [2.05, 4.69) is 22.0 Å². The van der Waals surface area contributed by atoms with E-state index < -0.39 is 0 Å². The number of nitrogens with zero attached hydrogens (tertiary/aromatic N) is 2. The van der Waals surface area contributed by atoms with Crippen LogP contribution in [0, 0.1) is 13.8 Å². The summed E-state index contributed by atoms with van der Waals surface area (Å²) in [5.41, 5.74) is 11.9. The third-order valence-corrected chi connectivity index (χ3v) is 4.19. The lowest BCUT2D eigenvalue weighted by molar-refractivity contribution is 0.924. The second-order valence-corrected chi connectivity index (χ2v) is 5.98. The Hall–Kier alpha value is -1.46. The summed E-state index contributed by atoms with van der Waals surface area (Å²) < 4.78 is 0. The molecule has 0 bridgehead atoms. The molecule has 5 heteroatoms. The van der Waals surface area contributed by atoms with Crippen LogP contribution in [-0.2, 0) is 6.54 Å². The number of nitrogens with two attached hydrogens (primary N) is 1. The highest BCUT2D eigenvalue weighted by molar-refractivity contribution is 7.80. The number of aromatic nitrogens is 1. The first kappa shape index (κ1) is 14.0. The summed E-state index contributed by atoms with van der Waals surface area (Å²) in [5, 5.41) is 0. The first-order valence-corrected chi connectivity index (χ1v) is 7.28. The maximum absolute atomic E-state index is 5.82. The van der Waals surface area contributed by atoms with Gasteiger partial charge in [0.05, 0.1) is 17.7 Å². The molecule has 1 aromatic carbocycles. The van der Waals surface area contributed by atoms with Gasteiger partial charge in [0.25, 0.3) is 0 Å². The van der Waals surface area contributed by atoms with Gasteiger partial charge in [-0.3, -0.25) is 0 Å². The van der Waals surface area contributed by atoms with Crippen molar-refractivity contribution in [1.29, 1.82) is 0 Å². The second-order valence-electron chi connectivity index (χ2n) is 4.60. The van der Waals surface area contributed by atoms with Crippen molar-refractivity contribution in [1.82, 2.24) is 4.98 Å². The number of hydrogen-bond acceptors (Lipinski definition) is 4. The predicted octanol–water partition coefficient (Wildman–Crippen LogP) is 3.03. The molecule has 0 amide bonds. The SMILES string of the molecule is Cc1ccc(N(C)Cc2scnc2C)c(C(N)=S)c1. The molecule has 1 aromatic heterocycles. The van der Waals surface area contributed by atoms with E-state index in [1.54, 1.807) is 11.3 Å². The van der Waals surface area contributed by atoms with Gasteiger partial charge in [-0.25, -0.2) is 4.98 Å². The Balaban J connectivity index is 2.31. The summed E-state index contributed by atoms with van der Waals surface area (Å²) in [6, 6.07) is 6.18. The number of rotatable bonds is 4. The highest BCUT2D eigenvalue weighted by atomic mass is 32.1. The van der Waals surface area contributed by atoms with E-state index in [-0.39, 0.29) is 0 Å². The Morgan fingerprint density at radius 1 is 1.42 bits per heavy atom. The number of anilines is 1. The van der Waals surface area contributed by atoms with Gasteiger partial charge in [-0.05, 0) is 26.0 Å².